The van der Waals surface area contributed by atoms with Crippen LogP contribution >= 0.6 is 0 Å². The van der Waals surface area contributed by atoms with E-state index in [2.05, 4.69) is 241 Å². The molecule has 2 nitrogen and oxygen atoms in total. The Morgan fingerprint density at radius 3 is 1.64 bits per heavy atom. The summed E-state index contributed by atoms with van der Waals surface area (Å²) in [7, 11) is 0. The highest BCUT2D eigenvalue weighted by molar-refractivity contribution is 6.19. The smallest absolute Gasteiger partial charge is 0.136 e. The number of anilines is 3. The van der Waals surface area contributed by atoms with Crippen LogP contribution in [0.3, 0.4) is 0 Å². The molecule has 0 fully saturated rings. The molecule has 1 aliphatic carbocycles. The average molecular weight is 778 g/mol. The van der Waals surface area contributed by atoms with Crippen LogP contribution < -0.4 is 4.90 Å². The van der Waals surface area contributed by atoms with Crippen LogP contribution in [-0.2, 0) is 5.41 Å². The van der Waals surface area contributed by atoms with Gasteiger partial charge in [-0.25, -0.2) is 0 Å². The van der Waals surface area contributed by atoms with Crippen molar-refractivity contribution in [1.82, 2.24) is 0 Å². The second-order valence-corrected chi connectivity index (χ2v) is 16.0. The first-order valence-electron chi connectivity index (χ1n) is 21.0. The first-order valence-corrected chi connectivity index (χ1v) is 21.0. The van der Waals surface area contributed by atoms with Gasteiger partial charge < -0.3 is 9.32 Å². The molecular weight excluding hydrogens is 739 g/mol. The van der Waals surface area contributed by atoms with Crippen molar-refractivity contribution in [2.75, 3.05) is 4.90 Å². The van der Waals surface area contributed by atoms with E-state index in [-0.39, 0.29) is 0 Å². The molecule has 0 aliphatic heterocycles. The van der Waals surface area contributed by atoms with Crippen molar-refractivity contribution < 1.29 is 4.42 Å². The molecule has 61 heavy (non-hydrogen) atoms. The Morgan fingerprint density at radius 2 is 0.918 bits per heavy atom. The van der Waals surface area contributed by atoms with Crippen LogP contribution in [0.1, 0.15) is 22.3 Å². The molecule has 11 aromatic rings. The Bertz CT molecular complexity index is 3350. The number of fused-ring (bicyclic) bond motifs is 8. The van der Waals surface area contributed by atoms with Gasteiger partial charge in [-0.3, -0.25) is 0 Å². The van der Waals surface area contributed by atoms with Crippen LogP contribution in [0.15, 0.2) is 241 Å². The van der Waals surface area contributed by atoms with Crippen molar-refractivity contribution in [3.05, 3.63) is 259 Å². The molecule has 0 atom stereocenters. The van der Waals surface area contributed by atoms with Crippen molar-refractivity contribution in [1.29, 1.82) is 0 Å². The fraction of sp³-hybridized carbons (Fsp3) is 0.0169. The Labute approximate surface area is 355 Å². The van der Waals surface area contributed by atoms with Crippen LogP contribution in [0.2, 0.25) is 0 Å². The van der Waals surface area contributed by atoms with Crippen molar-refractivity contribution in [3.8, 4) is 33.4 Å². The van der Waals surface area contributed by atoms with Crippen LogP contribution in [-0.4, -0.2) is 0 Å². The van der Waals surface area contributed by atoms with E-state index in [4.69, 9.17) is 4.42 Å². The topological polar surface area (TPSA) is 16.4 Å². The van der Waals surface area contributed by atoms with Gasteiger partial charge in [-0.1, -0.05) is 188 Å². The van der Waals surface area contributed by atoms with Gasteiger partial charge >= 0.3 is 0 Å². The molecule has 1 aromatic heterocycles. The molecule has 0 amide bonds. The Balaban J connectivity index is 1.17. The van der Waals surface area contributed by atoms with Gasteiger partial charge in [0.1, 0.15) is 11.2 Å². The molecule has 0 N–H and O–H groups in total. The second-order valence-electron chi connectivity index (χ2n) is 16.0. The number of hydrogen-bond donors (Lipinski definition) is 0. The highest BCUT2D eigenvalue weighted by atomic mass is 16.3. The highest BCUT2D eigenvalue weighted by Gasteiger charge is 2.46. The molecule has 0 saturated carbocycles. The maximum Gasteiger partial charge on any atom is 0.136 e. The molecule has 12 rings (SSSR count). The molecule has 0 radical (unpaired) electrons. The molecule has 0 saturated heterocycles. The largest absolute Gasteiger partial charge is 0.456 e. The molecule has 0 bridgehead atoms. The Kier molecular flexibility index (Phi) is 8.11. The van der Waals surface area contributed by atoms with Crippen LogP contribution in [0.5, 0.6) is 0 Å². The summed E-state index contributed by atoms with van der Waals surface area (Å²) in [4.78, 5) is 2.45. The lowest BCUT2D eigenvalue weighted by molar-refractivity contribution is 0.669. The summed E-state index contributed by atoms with van der Waals surface area (Å²) in [6, 6.07) is 86.2. The molecule has 0 unspecified atom stereocenters. The summed E-state index contributed by atoms with van der Waals surface area (Å²) >= 11 is 0. The van der Waals surface area contributed by atoms with E-state index in [9.17, 15) is 0 Å². The summed E-state index contributed by atoms with van der Waals surface area (Å²) in [5.74, 6) is 0. The summed E-state index contributed by atoms with van der Waals surface area (Å²) in [5, 5.41) is 4.61. The van der Waals surface area contributed by atoms with Gasteiger partial charge in [0, 0.05) is 27.7 Å². The lowest BCUT2D eigenvalue weighted by atomic mass is 9.67. The van der Waals surface area contributed by atoms with Gasteiger partial charge in [-0.15, -0.1) is 0 Å². The summed E-state index contributed by atoms with van der Waals surface area (Å²) in [6.07, 6.45) is 0. The SMILES string of the molecule is c1ccc(-c2ccc(N(c3ccc4oc5ccc6ccccc6c5c4c3)c3cc4c(cc3-c3ccccc3)C(c3ccccc3)(c3ccccc3)c3ccccc3-4)cc2)cc1. The van der Waals surface area contributed by atoms with E-state index < -0.39 is 5.41 Å². The quantitative estimate of drug-likeness (QED) is 0.160. The van der Waals surface area contributed by atoms with Gasteiger partial charge in [-0.05, 0) is 109 Å². The fourth-order valence-corrected chi connectivity index (χ4v) is 10.0. The predicted octanol–water partition coefficient (Wildman–Crippen LogP) is 15.9. The van der Waals surface area contributed by atoms with Gasteiger partial charge in [-0.2, -0.15) is 0 Å². The minimum Gasteiger partial charge on any atom is -0.456 e. The molecule has 0 spiro atoms. The zero-order chi connectivity index (χ0) is 40.3. The minimum atomic E-state index is -0.533. The van der Waals surface area contributed by atoms with E-state index in [0.29, 0.717) is 0 Å². The van der Waals surface area contributed by atoms with Crippen molar-refractivity contribution >= 4 is 49.8 Å². The lowest BCUT2D eigenvalue weighted by Crippen LogP contribution is -2.28. The van der Waals surface area contributed by atoms with Crippen molar-refractivity contribution in [2.45, 2.75) is 5.41 Å². The Hall–Kier alpha value is -7.94. The third kappa shape index (κ3) is 5.50. The zero-order valence-corrected chi connectivity index (χ0v) is 33.4. The molecule has 286 valence electrons. The van der Waals surface area contributed by atoms with E-state index in [0.717, 1.165) is 50.1 Å². The van der Waals surface area contributed by atoms with Crippen LogP contribution in [0, 0.1) is 0 Å². The number of rotatable bonds is 7. The normalized spacial score (nSPS) is 12.7. The van der Waals surface area contributed by atoms with Gasteiger partial charge in [0.05, 0.1) is 11.1 Å². The minimum absolute atomic E-state index is 0.533. The fourth-order valence-electron chi connectivity index (χ4n) is 10.0. The molecule has 10 aromatic carbocycles. The monoisotopic (exact) mass is 777 g/mol. The highest BCUT2D eigenvalue weighted by Crippen LogP contribution is 2.59. The third-order valence-corrected chi connectivity index (χ3v) is 12.7. The zero-order valence-electron chi connectivity index (χ0n) is 33.4. The van der Waals surface area contributed by atoms with Crippen molar-refractivity contribution in [2.24, 2.45) is 0 Å². The number of nitrogens with zero attached hydrogens (tertiary/aromatic N) is 1. The van der Waals surface area contributed by atoms with Crippen molar-refractivity contribution in [3.63, 3.8) is 0 Å². The van der Waals surface area contributed by atoms with E-state index in [1.54, 1.807) is 0 Å². The molecular formula is C59H39NO. The first-order chi connectivity index (χ1) is 30.3. The molecule has 1 heterocycles. The van der Waals surface area contributed by atoms with E-state index in [1.807, 2.05) is 0 Å². The average Bonchev–Trinajstić information content (AvgIpc) is 3.86. The third-order valence-electron chi connectivity index (χ3n) is 12.7. The maximum absolute atomic E-state index is 6.55. The molecule has 1 aliphatic rings. The van der Waals surface area contributed by atoms with Crippen LogP contribution in [0.4, 0.5) is 17.1 Å². The van der Waals surface area contributed by atoms with Gasteiger partial charge in [0.15, 0.2) is 0 Å². The van der Waals surface area contributed by atoms with E-state index >= 15 is 0 Å². The summed E-state index contributed by atoms with van der Waals surface area (Å²) < 4.78 is 6.55. The molecule has 2 heteroatoms. The maximum atomic E-state index is 6.55. The standard InChI is InChI=1S/C59H39NO/c1-5-17-40(18-6-1)41-29-32-46(33-30-41)60(47-34-36-56-52(37-47)58-48-26-14-13-21-43(48)31-35-57(58)61-56)55-39-51-49-27-15-16-28-53(49)59(44-22-9-3-10-23-44,45-24-11-4-12-25-45)54(51)38-50(55)42-19-7-2-8-20-42/h1-39H. The summed E-state index contributed by atoms with van der Waals surface area (Å²) in [6.45, 7) is 0. The van der Waals surface area contributed by atoms with E-state index in [1.165, 1.54) is 55.3 Å². The first kappa shape index (κ1) is 35.0. The lowest BCUT2D eigenvalue weighted by Gasteiger charge is -2.35. The number of furan rings is 1. The number of benzene rings is 10. The van der Waals surface area contributed by atoms with Gasteiger partial charge in [0.25, 0.3) is 0 Å². The predicted molar refractivity (Wildman–Crippen MR) is 254 cm³/mol. The number of hydrogen-bond acceptors (Lipinski definition) is 2. The Morgan fingerprint density at radius 1 is 0.344 bits per heavy atom. The summed E-state index contributed by atoms with van der Waals surface area (Å²) in [5.41, 5.74) is 16.6. The van der Waals surface area contributed by atoms with Crippen LogP contribution in [0.25, 0.3) is 66.1 Å². The van der Waals surface area contributed by atoms with Gasteiger partial charge in [0.2, 0.25) is 0 Å². The second kappa shape index (κ2) is 14.1.